The number of piperidine rings is 1. The molecule has 3 N–H and O–H groups in total. The Kier molecular flexibility index (Phi) is 9.47. The van der Waals surface area contributed by atoms with Crippen LogP contribution in [0.3, 0.4) is 0 Å². The molecular weight excluding hydrogens is 513 g/mol. The fourth-order valence-electron chi connectivity index (χ4n) is 4.25. The van der Waals surface area contributed by atoms with Gasteiger partial charge in [0.15, 0.2) is 0 Å². The van der Waals surface area contributed by atoms with Crippen molar-refractivity contribution in [3.63, 3.8) is 0 Å². The molecule has 1 fully saturated rings. The topological polar surface area (TPSA) is 99.8 Å². The van der Waals surface area contributed by atoms with Crippen LogP contribution in [0.15, 0.2) is 42.5 Å². The lowest BCUT2D eigenvalue weighted by Gasteiger charge is -2.32. The minimum absolute atomic E-state index is 0.0834. The van der Waals surface area contributed by atoms with E-state index in [1.54, 1.807) is 43.9 Å². The maximum atomic E-state index is 13.1. The van der Waals surface area contributed by atoms with Crippen molar-refractivity contribution in [2.24, 2.45) is 0 Å². The van der Waals surface area contributed by atoms with Gasteiger partial charge < -0.3 is 25.6 Å². The van der Waals surface area contributed by atoms with E-state index in [1.807, 2.05) is 6.92 Å². The summed E-state index contributed by atoms with van der Waals surface area (Å²) in [7, 11) is 0. The first-order valence-electron chi connectivity index (χ1n) is 12.8. The highest BCUT2D eigenvalue weighted by Crippen LogP contribution is 2.33. The van der Waals surface area contributed by atoms with Crippen LogP contribution in [0.2, 0.25) is 0 Å². The molecule has 1 aliphatic heterocycles. The Labute approximate surface area is 226 Å². The third-order valence-electron chi connectivity index (χ3n) is 6.30. The predicted octanol–water partition coefficient (Wildman–Crippen LogP) is 5.68. The van der Waals surface area contributed by atoms with Crippen molar-refractivity contribution in [1.82, 2.24) is 15.5 Å². The van der Waals surface area contributed by atoms with Gasteiger partial charge in [0.2, 0.25) is 0 Å². The number of rotatable bonds is 6. The number of anilines is 1. The van der Waals surface area contributed by atoms with Gasteiger partial charge in [0, 0.05) is 37.4 Å². The number of benzene rings is 2. The van der Waals surface area contributed by atoms with Crippen LogP contribution in [0.5, 0.6) is 0 Å². The third kappa shape index (κ3) is 8.90. The number of carbonyl (C=O) groups is 3. The maximum Gasteiger partial charge on any atom is 0.416 e. The fourth-order valence-corrected chi connectivity index (χ4v) is 4.25. The van der Waals surface area contributed by atoms with E-state index in [-0.39, 0.29) is 24.9 Å². The van der Waals surface area contributed by atoms with Gasteiger partial charge >= 0.3 is 18.3 Å². The van der Waals surface area contributed by atoms with E-state index < -0.39 is 29.5 Å². The monoisotopic (exact) mass is 548 g/mol. The summed E-state index contributed by atoms with van der Waals surface area (Å²) in [5, 5.41) is 7.93. The molecule has 1 saturated heterocycles. The van der Waals surface area contributed by atoms with Crippen molar-refractivity contribution in [2.45, 2.75) is 58.2 Å². The fraction of sp³-hybridized carbons (Fsp3) is 0.464. The van der Waals surface area contributed by atoms with Gasteiger partial charge in [0.25, 0.3) is 5.91 Å². The molecule has 8 nitrogen and oxygen atoms in total. The second-order valence-corrected chi connectivity index (χ2v) is 10.5. The number of aryl methyl sites for hydroxylation is 1. The van der Waals surface area contributed by atoms with Crippen molar-refractivity contribution in [3.8, 4) is 0 Å². The van der Waals surface area contributed by atoms with Crippen molar-refractivity contribution in [3.05, 3.63) is 64.7 Å². The van der Waals surface area contributed by atoms with Crippen molar-refractivity contribution >= 4 is 23.7 Å². The minimum atomic E-state index is -4.37. The van der Waals surface area contributed by atoms with Crippen molar-refractivity contribution < 1.29 is 32.3 Å². The van der Waals surface area contributed by atoms with Crippen LogP contribution in [0.25, 0.3) is 0 Å². The van der Waals surface area contributed by atoms with Crippen molar-refractivity contribution in [1.29, 1.82) is 0 Å². The number of likely N-dealkylation sites (tertiary alicyclic amines) is 1. The Bertz CT molecular complexity index is 1170. The SMILES string of the molecule is Cc1ccc(C(=O)N2CCC(c3ccc(C(F)(F)F)cc3)CC2)cc1NC(=O)NCCNC(=O)OC(C)(C)C. The highest BCUT2D eigenvalue weighted by molar-refractivity contribution is 5.97. The Morgan fingerprint density at radius 1 is 0.949 bits per heavy atom. The summed E-state index contributed by atoms with van der Waals surface area (Å²) in [6.45, 7) is 8.39. The molecule has 212 valence electrons. The molecule has 0 bridgehead atoms. The van der Waals surface area contributed by atoms with Gasteiger partial charge in [-0.25, -0.2) is 9.59 Å². The molecule has 0 aromatic heterocycles. The molecule has 39 heavy (non-hydrogen) atoms. The molecule has 0 unspecified atom stereocenters. The van der Waals surface area contributed by atoms with Gasteiger partial charge in [-0.15, -0.1) is 0 Å². The van der Waals surface area contributed by atoms with Crippen LogP contribution in [0, 0.1) is 6.92 Å². The first kappa shape index (κ1) is 29.8. The zero-order chi connectivity index (χ0) is 28.8. The van der Waals surface area contributed by atoms with E-state index >= 15 is 0 Å². The molecular formula is C28H35F3N4O4. The van der Waals surface area contributed by atoms with Crippen LogP contribution in [0.4, 0.5) is 28.4 Å². The Morgan fingerprint density at radius 3 is 2.15 bits per heavy atom. The summed E-state index contributed by atoms with van der Waals surface area (Å²) >= 11 is 0. The molecule has 1 aliphatic rings. The number of nitrogens with one attached hydrogen (secondary N) is 3. The lowest BCUT2D eigenvalue weighted by Crippen LogP contribution is -2.39. The maximum absolute atomic E-state index is 13.1. The van der Waals surface area contributed by atoms with E-state index in [1.165, 1.54) is 12.1 Å². The first-order valence-corrected chi connectivity index (χ1v) is 12.8. The van der Waals surface area contributed by atoms with E-state index in [9.17, 15) is 27.6 Å². The summed E-state index contributed by atoms with van der Waals surface area (Å²) in [5.74, 6) is -0.0917. The molecule has 0 atom stereocenters. The lowest BCUT2D eigenvalue weighted by atomic mass is 9.88. The number of alkyl halides is 3. The quantitative estimate of drug-likeness (QED) is 0.405. The molecule has 2 aromatic carbocycles. The van der Waals surface area contributed by atoms with Crippen LogP contribution >= 0.6 is 0 Å². The lowest BCUT2D eigenvalue weighted by molar-refractivity contribution is -0.137. The number of ether oxygens (including phenoxy) is 1. The number of amides is 4. The van der Waals surface area contributed by atoms with Crippen LogP contribution in [0.1, 0.15) is 66.6 Å². The summed E-state index contributed by atoms with van der Waals surface area (Å²) in [4.78, 5) is 38.9. The average molecular weight is 549 g/mol. The number of carbonyl (C=O) groups excluding carboxylic acids is 3. The Hall–Kier alpha value is -3.76. The van der Waals surface area contributed by atoms with E-state index in [4.69, 9.17) is 4.74 Å². The molecule has 0 radical (unpaired) electrons. The number of alkyl carbamates (subject to hydrolysis) is 1. The summed E-state index contributed by atoms with van der Waals surface area (Å²) in [6, 6.07) is 9.82. The molecule has 0 spiro atoms. The molecule has 11 heteroatoms. The Morgan fingerprint density at radius 2 is 1.56 bits per heavy atom. The number of nitrogens with zero attached hydrogens (tertiary/aromatic N) is 1. The summed E-state index contributed by atoms with van der Waals surface area (Å²) in [5.41, 5.74) is 1.23. The highest BCUT2D eigenvalue weighted by Gasteiger charge is 2.31. The second-order valence-electron chi connectivity index (χ2n) is 10.5. The van der Waals surface area contributed by atoms with E-state index in [0.717, 1.165) is 23.3 Å². The van der Waals surface area contributed by atoms with Crippen LogP contribution < -0.4 is 16.0 Å². The van der Waals surface area contributed by atoms with E-state index in [2.05, 4.69) is 16.0 Å². The largest absolute Gasteiger partial charge is 0.444 e. The summed E-state index contributed by atoms with van der Waals surface area (Å²) < 4.78 is 43.7. The van der Waals surface area contributed by atoms with Gasteiger partial charge in [-0.1, -0.05) is 18.2 Å². The molecule has 4 amide bonds. The number of hydrogen-bond acceptors (Lipinski definition) is 4. The van der Waals surface area contributed by atoms with Gasteiger partial charge in [-0.05, 0) is 81.8 Å². The summed E-state index contributed by atoms with van der Waals surface area (Å²) in [6.07, 6.45) is -3.65. The highest BCUT2D eigenvalue weighted by atomic mass is 19.4. The standard InChI is InChI=1S/C28H35F3N4O4/c1-18-5-6-21(17-23(18)34-25(37)32-13-14-33-26(38)39-27(2,3)4)24(36)35-15-11-20(12-16-35)19-7-9-22(10-8-19)28(29,30)31/h5-10,17,20H,11-16H2,1-4H3,(H,33,38)(H2,32,34,37). The number of halogens is 3. The Balaban J connectivity index is 1.50. The van der Waals surface area contributed by atoms with Crippen LogP contribution in [-0.4, -0.2) is 54.7 Å². The van der Waals surface area contributed by atoms with Crippen LogP contribution in [-0.2, 0) is 10.9 Å². The molecule has 0 aliphatic carbocycles. The third-order valence-corrected chi connectivity index (χ3v) is 6.30. The smallest absolute Gasteiger partial charge is 0.416 e. The molecule has 3 rings (SSSR count). The number of urea groups is 1. The normalized spacial score (nSPS) is 14.5. The van der Waals surface area contributed by atoms with Gasteiger partial charge in [0.05, 0.1) is 5.56 Å². The van der Waals surface area contributed by atoms with Crippen molar-refractivity contribution in [2.75, 3.05) is 31.5 Å². The average Bonchev–Trinajstić information content (AvgIpc) is 2.86. The van der Waals surface area contributed by atoms with E-state index in [0.29, 0.717) is 37.2 Å². The molecule has 1 heterocycles. The predicted molar refractivity (Wildman–Crippen MR) is 142 cm³/mol. The van der Waals surface area contributed by atoms with Gasteiger partial charge in [0.1, 0.15) is 5.60 Å². The van der Waals surface area contributed by atoms with Gasteiger partial charge in [-0.2, -0.15) is 13.2 Å². The zero-order valence-corrected chi connectivity index (χ0v) is 22.6. The minimum Gasteiger partial charge on any atom is -0.444 e. The first-order chi connectivity index (χ1) is 18.2. The second kappa shape index (κ2) is 12.4. The zero-order valence-electron chi connectivity index (χ0n) is 22.6. The van der Waals surface area contributed by atoms with Gasteiger partial charge in [-0.3, -0.25) is 4.79 Å². The molecule has 0 saturated carbocycles. The molecule has 2 aromatic rings. The number of hydrogen-bond donors (Lipinski definition) is 3.